The number of anilines is 1. The van der Waals surface area contributed by atoms with Crippen LogP contribution < -0.4 is 5.73 Å². The molecule has 0 unspecified atom stereocenters. The highest BCUT2D eigenvalue weighted by Crippen LogP contribution is 2.29. The average molecular weight is 280 g/mol. The van der Waals surface area contributed by atoms with Crippen LogP contribution in [-0.2, 0) is 6.42 Å². The summed E-state index contributed by atoms with van der Waals surface area (Å²) in [6.45, 7) is 2.02. The number of halogens is 1. The minimum atomic E-state index is 0.536. The number of aryl methyl sites for hydroxylation is 1. The smallest absolute Gasteiger partial charge is 0.234 e. The quantitative estimate of drug-likeness (QED) is 0.732. The molecule has 92 valence electrons. The van der Waals surface area contributed by atoms with Gasteiger partial charge in [0.25, 0.3) is 0 Å². The molecule has 2 aromatic heterocycles. The van der Waals surface area contributed by atoms with Crippen LogP contribution in [0, 0.1) is 0 Å². The van der Waals surface area contributed by atoms with E-state index in [1.165, 1.54) is 11.3 Å². The van der Waals surface area contributed by atoms with Crippen LogP contribution in [0.5, 0.6) is 0 Å². The van der Waals surface area contributed by atoms with Crippen LogP contribution in [0.25, 0.3) is 15.5 Å². The molecule has 0 aliphatic carbocycles. The van der Waals surface area contributed by atoms with Gasteiger partial charge in [0.1, 0.15) is 5.01 Å². The Bertz CT molecular complexity index is 717. The highest BCUT2D eigenvalue weighted by molar-refractivity contribution is 7.19. The van der Waals surface area contributed by atoms with Crippen LogP contribution in [0.2, 0.25) is 5.02 Å². The first-order chi connectivity index (χ1) is 8.69. The summed E-state index contributed by atoms with van der Waals surface area (Å²) in [4.78, 5) is 0.787. The molecule has 2 heterocycles. The van der Waals surface area contributed by atoms with Crippen LogP contribution in [-0.4, -0.2) is 19.8 Å². The predicted molar refractivity (Wildman–Crippen MR) is 72.9 cm³/mol. The number of hydrogen-bond acceptors (Lipinski definition) is 5. The minimum absolute atomic E-state index is 0.536. The van der Waals surface area contributed by atoms with Gasteiger partial charge >= 0.3 is 0 Å². The van der Waals surface area contributed by atoms with Crippen molar-refractivity contribution in [3.8, 4) is 10.6 Å². The summed E-state index contributed by atoms with van der Waals surface area (Å²) in [6, 6.07) is 5.49. The van der Waals surface area contributed by atoms with Crippen molar-refractivity contribution in [3.05, 3.63) is 29.0 Å². The van der Waals surface area contributed by atoms with Gasteiger partial charge in [-0.25, -0.2) is 0 Å². The molecule has 3 rings (SSSR count). The fraction of sp³-hybridized carbons (Fsp3) is 0.182. The molecule has 0 spiro atoms. The molecule has 0 saturated carbocycles. The fourth-order valence-corrected chi connectivity index (χ4v) is 2.69. The van der Waals surface area contributed by atoms with Gasteiger partial charge in [-0.1, -0.05) is 29.9 Å². The molecule has 2 N–H and O–H groups in total. The van der Waals surface area contributed by atoms with Gasteiger partial charge in [0.05, 0.1) is 10.7 Å². The molecule has 18 heavy (non-hydrogen) atoms. The SMILES string of the molecule is CCc1nnc2sc(-c3ccc(N)c(Cl)c3)nn12. The summed E-state index contributed by atoms with van der Waals surface area (Å²) in [5, 5.41) is 14.0. The Morgan fingerprint density at radius 2 is 2.22 bits per heavy atom. The van der Waals surface area contributed by atoms with Crippen LogP contribution in [0.4, 0.5) is 5.69 Å². The van der Waals surface area contributed by atoms with E-state index in [9.17, 15) is 0 Å². The normalized spacial score (nSPS) is 11.2. The topological polar surface area (TPSA) is 69.1 Å². The number of benzene rings is 1. The molecule has 0 saturated heterocycles. The number of nitrogens with two attached hydrogens (primary N) is 1. The number of hydrogen-bond donors (Lipinski definition) is 1. The third-order valence-corrected chi connectivity index (χ3v) is 3.89. The maximum atomic E-state index is 6.01. The van der Waals surface area contributed by atoms with Crippen molar-refractivity contribution in [1.82, 2.24) is 19.8 Å². The van der Waals surface area contributed by atoms with E-state index in [4.69, 9.17) is 17.3 Å². The molecule has 0 aliphatic heterocycles. The van der Waals surface area contributed by atoms with Gasteiger partial charge < -0.3 is 5.73 Å². The van der Waals surface area contributed by atoms with Gasteiger partial charge in [-0.2, -0.15) is 9.61 Å². The first-order valence-electron chi connectivity index (χ1n) is 5.45. The third kappa shape index (κ3) is 1.74. The first-order valence-corrected chi connectivity index (χ1v) is 6.65. The zero-order chi connectivity index (χ0) is 12.7. The lowest BCUT2D eigenvalue weighted by molar-refractivity contribution is 0.838. The second-order valence-electron chi connectivity index (χ2n) is 3.81. The Kier molecular flexibility index (Phi) is 2.68. The lowest BCUT2D eigenvalue weighted by Gasteiger charge is -1.99. The maximum Gasteiger partial charge on any atom is 0.234 e. The van der Waals surface area contributed by atoms with E-state index in [0.717, 1.165) is 27.8 Å². The van der Waals surface area contributed by atoms with Gasteiger partial charge in [-0.3, -0.25) is 0 Å². The molecule has 0 bridgehead atoms. The molecule has 1 aromatic carbocycles. The monoisotopic (exact) mass is 279 g/mol. The molecule has 7 heteroatoms. The molecule has 0 atom stereocenters. The molecule has 5 nitrogen and oxygen atoms in total. The van der Waals surface area contributed by atoms with Gasteiger partial charge in [0.15, 0.2) is 5.82 Å². The van der Waals surface area contributed by atoms with Crippen molar-refractivity contribution >= 4 is 33.6 Å². The lowest BCUT2D eigenvalue weighted by atomic mass is 10.2. The van der Waals surface area contributed by atoms with Crippen LogP contribution >= 0.6 is 22.9 Å². The van der Waals surface area contributed by atoms with Crippen LogP contribution in [0.3, 0.4) is 0 Å². The standard InChI is InChI=1S/C11H10ClN5S/c1-2-9-14-15-11-17(9)16-10(18-11)6-3-4-8(13)7(12)5-6/h3-5H,2,13H2,1H3. The van der Waals surface area contributed by atoms with Crippen molar-refractivity contribution in [2.45, 2.75) is 13.3 Å². The second kappa shape index (κ2) is 4.22. The van der Waals surface area contributed by atoms with Crippen molar-refractivity contribution in [2.75, 3.05) is 5.73 Å². The largest absolute Gasteiger partial charge is 0.398 e. The number of aromatic nitrogens is 4. The highest BCUT2D eigenvalue weighted by Gasteiger charge is 2.12. The summed E-state index contributed by atoms with van der Waals surface area (Å²) >= 11 is 7.49. The van der Waals surface area contributed by atoms with E-state index in [1.54, 1.807) is 10.6 Å². The van der Waals surface area contributed by atoms with Crippen molar-refractivity contribution in [1.29, 1.82) is 0 Å². The van der Waals surface area contributed by atoms with Gasteiger partial charge in [0.2, 0.25) is 4.96 Å². The zero-order valence-corrected chi connectivity index (χ0v) is 11.2. The Balaban J connectivity index is 2.13. The summed E-state index contributed by atoms with van der Waals surface area (Å²) in [6.07, 6.45) is 0.798. The Morgan fingerprint density at radius 3 is 2.94 bits per heavy atom. The zero-order valence-electron chi connectivity index (χ0n) is 9.59. The molecular formula is C11H10ClN5S. The van der Waals surface area contributed by atoms with Gasteiger partial charge in [-0.15, -0.1) is 10.2 Å². The van der Waals surface area contributed by atoms with E-state index in [1.807, 2.05) is 19.1 Å². The Hall–Kier alpha value is -1.66. The number of fused-ring (bicyclic) bond motifs is 1. The van der Waals surface area contributed by atoms with Crippen LogP contribution in [0.1, 0.15) is 12.7 Å². The van der Waals surface area contributed by atoms with Gasteiger partial charge in [0, 0.05) is 12.0 Å². The van der Waals surface area contributed by atoms with Crippen molar-refractivity contribution < 1.29 is 0 Å². The molecule has 0 radical (unpaired) electrons. The van der Waals surface area contributed by atoms with E-state index in [-0.39, 0.29) is 0 Å². The second-order valence-corrected chi connectivity index (χ2v) is 5.17. The average Bonchev–Trinajstić information content (AvgIpc) is 2.92. The minimum Gasteiger partial charge on any atom is -0.398 e. The van der Waals surface area contributed by atoms with Crippen molar-refractivity contribution in [3.63, 3.8) is 0 Å². The summed E-state index contributed by atoms with van der Waals surface area (Å²) in [5.74, 6) is 0.856. The molecular weight excluding hydrogens is 270 g/mol. The molecule has 0 amide bonds. The predicted octanol–water partition coefficient (Wildman–Crippen LogP) is 2.65. The lowest BCUT2D eigenvalue weighted by Crippen LogP contribution is -1.93. The number of nitrogens with zero attached hydrogens (tertiary/aromatic N) is 4. The van der Waals surface area contributed by atoms with E-state index >= 15 is 0 Å². The van der Waals surface area contributed by atoms with E-state index in [2.05, 4.69) is 15.3 Å². The van der Waals surface area contributed by atoms with Crippen molar-refractivity contribution in [2.24, 2.45) is 0 Å². The fourth-order valence-electron chi connectivity index (χ4n) is 1.65. The summed E-state index contributed by atoms with van der Waals surface area (Å²) in [5.41, 5.74) is 7.20. The first kappa shape index (κ1) is 11.4. The number of nitrogen functional groups attached to an aromatic ring is 1. The Labute approximate surface area is 112 Å². The Morgan fingerprint density at radius 1 is 1.39 bits per heavy atom. The van der Waals surface area contributed by atoms with Gasteiger partial charge in [-0.05, 0) is 18.2 Å². The van der Waals surface area contributed by atoms with Crippen LogP contribution in [0.15, 0.2) is 18.2 Å². The van der Waals surface area contributed by atoms with E-state index in [0.29, 0.717) is 10.7 Å². The highest BCUT2D eigenvalue weighted by atomic mass is 35.5. The summed E-state index contributed by atoms with van der Waals surface area (Å²) < 4.78 is 1.77. The third-order valence-electron chi connectivity index (χ3n) is 2.62. The number of rotatable bonds is 2. The molecule has 0 aliphatic rings. The molecule has 3 aromatic rings. The van der Waals surface area contributed by atoms with E-state index < -0.39 is 0 Å². The summed E-state index contributed by atoms with van der Waals surface area (Å²) in [7, 11) is 0. The molecule has 0 fully saturated rings. The maximum absolute atomic E-state index is 6.01.